The second-order valence-corrected chi connectivity index (χ2v) is 3.56. The Kier molecular flexibility index (Phi) is 3.08. The zero-order chi connectivity index (χ0) is 12.3. The Hall–Kier alpha value is -2.32. The van der Waals surface area contributed by atoms with Crippen LogP contribution in [0.3, 0.4) is 0 Å². The predicted molar refractivity (Wildman–Crippen MR) is 62.3 cm³/mol. The van der Waals surface area contributed by atoms with E-state index in [9.17, 15) is 0 Å². The fourth-order valence-corrected chi connectivity index (χ4v) is 1.62. The lowest BCUT2D eigenvalue weighted by atomic mass is 10.0. The van der Waals surface area contributed by atoms with E-state index < -0.39 is 6.04 Å². The quantitative estimate of drug-likeness (QED) is 0.829. The van der Waals surface area contributed by atoms with Crippen molar-refractivity contribution >= 4 is 0 Å². The van der Waals surface area contributed by atoms with Gasteiger partial charge in [-0.15, -0.1) is 0 Å². The van der Waals surface area contributed by atoms with Gasteiger partial charge < -0.3 is 10.5 Å². The molecule has 0 saturated carbocycles. The molecule has 5 nitrogen and oxygen atoms in total. The van der Waals surface area contributed by atoms with Crippen LogP contribution in [-0.4, -0.2) is 17.3 Å². The van der Waals surface area contributed by atoms with Gasteiger partial charge in [0.25, 0.3) is 0 Å². The number of hydrogen-bond acceptors (Lipinski definition) is 4. The van der Waals surface area contributed by atoms with Crippen LogP contribution < -0.4 is 10.5 Å². The normalized spacial score (nSPS) is 11.8. The van der Waals surface area contributed by atoms with Crippen LogP contribution in [0.15, 0.2) is 30.5 Å². The van der Waals surface area contributed by atoms with Crippen molar-refractivity contribution in [2.45, 2.75) is 6.04 Å². The van der Waals surface area contributed by atoms with Gasteiger partial charge in [-0.1, -0.05) is 12.1 Å². The van der Waals surface area contributed by atoms with Gasteiger partial charge in [0.1, 0.15) is 11.8 Å². The van der Waals surface area contributed by atoms with Crippen LogP contribution in [0.25, 0.3) is 0 Å². The van der Waals surface area contributed by atoms with Crippen LogP contribution in [-0.2, 0) is 0 Å². The molecule has 0 aliphatic rings. The summed E-state index contributed by atoms with van der Waals surface area (Å²) in [5, 5.41) is 15.5. The summed E-state index contributed by atoms with van der Waals surface area (Å²) in [4.78, 5) is 0. The van der Waals surface area contributed by atoms with E-state index in [0.717, 1.165) is 11.3 Å². The molecule has 1 aromatic carbocycles. The molecule has 0 aliphatic carbocycles. The number of aromatic amines is 1. The summed E-state index contributed by atoms with van der Waals surface area (Å²) in [5.74, 6) is 0.732. The summed E-state index contributed by atoms with van der Waals surface area (Å²) in [6, 6.07) is 9.06. The number of aromatic nitrogens is 2. The molecule has 0 amide bonds. The van der Waals surface area contributed by atoms with E-state index in [1.807, 2.05) is 30.3 Å². The van der Waals surface area contributed by atoms with E-state index in [0.29, 0.717) is 11.3 Å². The first-order chi connectivity index (χ1) is 8.26. The maximum Gasteiger partial charge on any atom is 0.119 e. The summed E-state index contributed by atoms with van der Waals surface area (Å²) >= 11 is 0. The van der Waals surface area contributed by atoms with Crippen LogP contribution in [0, 0.1) is 11.3 Å². The number of H-pyrrole nitrogens is 1. The highest BCUT2D eigenvalue weighted by Gasteiger charge is 2.15. The van der Waals surface area contributed by atoms with Crippen molar-refractivity contribution in [2.24, 2.45) is 5.73 Å². The van der Waals surface area contributed by atoms with Gasteiger partial charge in [-0.3, -0.25) is 5.10 Å². The lowest BCUT2D eigenvalue weighted by Crippen LogP contribution is -2.13. The van der Waals surface area contributed by atoms with Gasteiger partial charge in [-0.25, -0.2) is 0 Å². The number of benzene rings is 1. The van der Waals surface area contributed by atoms with Gasteiger partial charge >= 0.3 is 0 Å². The molecule has 0 radical (unpaired) electrons. The average molecular weight is 228 g/mol. The monoisotopic (exact) mass is 228 g/mol. The maximum absolute atomic E-state index is 8.91. The molecular weight excluding hydrogens is 216 g/mol. The topological polar surface area (TPSA) is 87.7 Å². The third-order valence-electron chi connectivity index (χ3n) is 2.55. The Labute approximate surface area is 98.8 Å². The third-order valence-corrected chi connectivity index (χ3v) is 2.55. The zero-order valence-corrected chi connectivity index (χ0v) is 9.34. The molecule has 86 valence electrons. The van der Waals surface area contributed by atoms with Crippen molar-refractivity contribution in [3.8, 4) is 11.8 Å². The second-order valence-electron chi connectivity index (χ2n) is 3.56. The van der Waals surface area contributed by atoms with Gasteiger partial charge in [0.05, 0.1) is 30.6 Å². The summed E-state index contributed by atoms with van der Waals surface area (Å²) in [7, 11) is 1.60. The van der Waals surface area contributed by atoms with Gasteiger partial charge in [-0.05, 0) is 17.7 Å². The van der Waals surface area contributed by atoms with Crippen LogP contribution in [0.5, 0.6) is 5.75 Å². The first-order valence-electron chi connectivity index (χ1n) is 5.09. The number of nitrogens with one attached hydrogen (secondary N) is 1. The molecule has 1 aromatic heterocycles. The number of nitrogens with zero attached hydrogens (tertiary/aromatic N) is 2. The Morgan fingerprint density at radius 1 is 1.53 bits per heavy atom. The highest BCUT2D eigenvalue weighted by atomic mass is 16.5. The molecule has 0 saturated heterocycles. The van der Waals surface area contributed by atoms with E-state index in [1.165, 1.54) is 6.20 Å². The Morgan fingerprint density at radius 3 is 3.06 bits per heavy atom. The highest BCUT2D eigenvalue weighted by Crippen LogP contribution is 2.23. The first kappa shape index (κ1) is 11.2. The number of nitriles is 1. The van der Waals surface area contributed by atoms with E-state index in [4.69, 9.17) is 15.7 Å². The molecule has 0 spiro atoms. The molecule has 1 unspecified atom stereocenters. The van der Waals surface area contributed by atoms with Crippen LogP contribution >= 0.6 is 0 Å². The molecule has 0 bridgehead atoms. The van der Waals surface area contributed by atoms with E-state index in [1.54, 1.807) is 7.11 Å². The fraction of sp³-hybridized carbons (Fsp3) is 0.167. The highest BCUT2D eigenvalue weighted by molar-refractivity contribution is 5.40. The van der Waals surface area contributed by atoms with Gasteiger partial charge in [-0.2, -0.15) is 10.4 Å². The summed E-state index contributed by atoms with van der Waals surface area (Å²) < 4.78 is 5.13. The maximum atomic E-state index is 8.91. The van der Waals surface area contributed by atoms with Crippen LogP contribution in [0.1, 0.15) is 22.9 Å². The van der Waals surface area contributed by atoms with Gasteiger partial charge in [0.2, 0.25) is 0 Å². The molecule has 0 aliphatic heterocycles. The molecule has 2 aromatic rings. The number of methoxy groups -OCH3 is 1. The SMILES string of the molecule is COc1cccc(C(N)c2[nH]ncc2C#N)c1. The molecule has 5 heteroatoms. The number of hydrogen-bond donors (Lipinski definition) is 2. The first-order valence-corrected chi connectivity index (χ1v) is 5.09. The molecular formula is C12H12N4O. The standard InChI is InChI=1S/C12H12N4O/c1-17-10-4-2-3-8(5-10)11(14)12-9(6-13)7-15-16-12/h2-5,7,11H,14H2,1H3,(H,15,16). The van der Waals surface area contributed by atoms with Crippen molar-refractivity contribution in [2.75, 3.05) is 7.11 Å². The van der Waals surface area contributed by atoms with Crippen molar-refractivity contribution < 1.29 is 4.74 Å². The molecule has 0 fully saturated rings. The minimum absolute atomic E-state index is 0.415. The summed E-state index contributed by atoms with van der Waals surface area (Å²) in [5.41, 5.74) is 8.02. The zero-order valence-electron chi connectivity index (χ0n) is 9.34. The minimum Gasteiger partial charge on any atom is -0.497 e. The molecule has 2 rings (SSSR count). The summed E-state index contributed by atoms with van der Waals surface area (Å²) in [6.45, 7) is 0. The largest absolute Gasteiger partial charge is 0.497 e. The minimum atomic E-state index is -0.415. The van der Waals surface area contributed by atoms with Crippen molar-refractivity contribution in [3.63, 3.8) is 0 Å². The van der Waals surface area contributed by atoms with Crippen molar-refractivity contribution in [3.05, 3.63) is 47.3 Å². The van der Waals surface area contributed by atoms with E-state index >= 15 is 0 Å². The van der Waals surface area contributed by atoms with E-state index in [-0.39, 0.29) is 0 Å². The Bertz CT molecular complexity index is 556. The number of nitrogens with two attached hydrogens (primary N) is 1. The summed E-state index contributed by atoms with van der Waals surface area (Å²) in [6.07, 6.45) is 1.47. The van der Waals surface area contributed by atoms with Crippen molar-refractivity contribution in [1.29, 1.82) is 5.26 Å². The molecule has 17 heavy (non-hydrogen) atoms. The Balaban J connectivity index is 2.37. The Morgan fingerprint density at radius 2 is 2.35 bits per heavy atom. The molecule has 3 N–H and O–H groups in total. The number of rotatable bonds is 3. The van der Waals surface area contributed by atoms with Crippen molar-refractivity contribution in [1.82, 2.24) is 10.2 Å². The van der Waals surface area contributed by atoms with Gasteiger partial charge in [0, 0.05) is 0 Å². The van der Waals surface area contributed by atoms with Gasteiger partial charge in [0.15, 0.2) is 0 Å². The average Bonchev–Trinajstić information content (AvgIpc) is 2.86. The fourth-order valence-electron chi connectivity index (χ4n) is 1.62. The number of ether oxygens (including phenoxy) is 1. The lowest BCUT2D eigenvalue weighted by Gasteiger charge is -2.11. The van der Waals surface area contributed by atoms with Crippen LogP contribution in [0.2, 0.25) is 0 Å². The lowest BCUT2D eigenvalue weighted by molar-refractivity contribution is 0.414. The molecule has 1 heterocycles. The predicted octanol–water partition coefficient (Wildman–Crippen LogP) is 1.34. The smallest absolute Gasteiger partial charge is 0.119 e. The van der Waals surface area contributed by atoms with Crippen LogP contribution in [0.4, 0.5) is 0 Å². The second kappa shape index (κ2) is 4.68. The van der Waals surface area contributed by atoms with E-state index in [2.05, 4.69) is 10.2 Å². The molecule has 1 atom stereocenters. The third kappa shape index (κ3) is 2.12.